The Kier molecular flexibility index (Phi) is 4.03. The number of halogens is 2. The van der Waals surface area contributed by atoms with E-state index in [1.54, 1.807) is 16.4 Å². The van der Waals surface area contributed by atoms with Crippen molar-refractivity contribution >= 4 is 41.9 Å². The molecule has 1 aliphatic carbocycles. The van der Waals surface area contributed by atoms with Crippen LogP contribution >= 0.6 is 31.9 Å². The fraction of sp³-hybridized carbons (Fsp3) is 0.571. The van der Waals surface area contributed by atoms with Crippen LogP contribution in [-0.2, 0) is 10.0 Å². The zero-order valence-electron chi connectivity index (χ0n) is 11.2. The lowest BCUT2D eigenvalue weighted by molar-refractivity contribution is 0.0667. The van der Waals surface area contributed by atoms with Crippen molar-refractivity contribution in [1.29, 1.82) is 0 Å². The second-order valence-corrected chi connectivity index (χ2v) is 9.96. The summed E-state index contributed by atoms with van der Waals surface area (Å²) >= 11 is 7.31. The van der Waals surface area contributed by atoms with Crippen molar-refractivity contribution in [3.8, 4) is 0 Å². The molecule has 0 unspecified atom stereocenters. The molecular formula is C14H17Br2NO2S. The Morgan fingerprint density at radius 2 is 1.70 bits per heavy atom. The van der Waals surface area contributed by atoms with E-state index in [1.807, 2.05) is 19.1 Å². The third kappa shape index (κ3) is 2.49. The van der Waals surface area contributed by atoms with Gasteiger partial charge in [0.1, 0.15) is 0 Å². The van der Waals surface area contributed by atoms with E-state index in [-0.39, 0.29) is 6.04 Å². The molecule has 2 aliphatic rings. The number of hydrogen-bond acceptors (Lipinski definition) is 2. The van der Waals surface area contributed by atoms with Crippen molar-refractivity contribution in [2.24, 2.45) is 5.92 Å². The van der Waals surface area contributed by atoms with Gasteiger partial charge in [0.15, 0.2) is 0 Å². The summed E-state index contributed by atoms with van der Waals surface area (Å²) < 4.78 is 27.0. The summed E-state index contributed by atoms with van der Waals surface area (Å²) in [5.74, 6) is 0.494. The highest BCUT2D eigenvalue weighted by molar-refractivity contribution is 9.12. The molecule has 0 N–H and O–H groups in total. The lowest BCUT2D eigenvalue weighted by atomic mass is 9.79. The summed E-state index contributed by atoms with van der Waals surface area (Å²) in [5, 5.41) is 0. The summed E-state index contributed by atoms with van der Waals surface area (Å²) in [6.45, 7) is 2.62. The molecule has 1 aromatic carbocycles. The predicted molar refractivity (Wildman–Crippen MR) is 87.0 cm³/mol. The highest BCUT2D eigenvalue weighted by Crippen LogP contribution is 2.44. The van der Waals surface area contributed by atoms with Gasteiger partial charge < -0.3 is 0 Å². The van der Waals surface area contributed by atoms with Crippen LogP contribution in [0.5, 0.6) is 0 Å². The molecule has 4 atom stereocenters. The molecule has 2 fully saturated rings. The van der Waals surface area contributed by atoms with Crippen molar-refractivity contribution in [2.45, 2.75) is 40.4 Å². The normalized spacial score (nSPS) is 34.4. The van der Waals surface area contributed by atoms with Crippen LogP contribution in [0.4, 0.5) is 0 Å². The topological polar surface area (TPSA) is 37.4 Å². The molecule has 3 nitrogen and oxygen atoms in total. The van der Waals surface area contributed by atoms with Gasteiger partial charge in [-0.2, -0.15) is 4.31 Å². The van der Waals surface area contributed by atoms with Crippen LogP contribution in [0.15, 0.2) is 29.2 Å². The SMILES string of the molecule is Cc1ccc(S(=O)(=O)N2C[C@@H]3C[C@H](Br)[C@H](Br)C[C@H]32)cc1. The number of nitrogens with zero attached hydrogens (tertiary/aromatic N) is 1. The molecule has 110 valence electrons. The first kappa shape index (κ1) is 15.0. The van der Waals surface area contributed by atoms with Crippen LogP contribution in [0.1, 0.15) is 18.4 Å². The number of rotatable bonds is 2. The molecule has 0 amide bonds. The highest BCUT2D eigenvalue weighted by Gasteiger charge is 2.50. The van der Waals surface area contributed by atoms with Crippen LogP contribution in [0.25, 0.3) is 0 Å². The maximum Gasteiger partial charge on any atom is 0.243 e. The van der Waals surface area contributed by atoms with Crippen LogP contribution in [0, 0.1) is 12.8 Å². The van der Waals surface area contributed by atoms with Crippen molar-refractivity contribution in [2.75, 3.05) is 6.54 Å². The van der Waals surface area contributed by atoms with Crippen molar-refractivity contribution in [1.82, 2.24) is 4.31 Å². The van der Waals surface area contributed by atoms with Crippen LogP contribution in [0.3, 0.4) is 0 Å². The third-order valence-electron chi connectivity index (χ3n) is 4.34. The third-order valence-corrected chi connectivity index (χ3v) is 8.98. The Hall–Kier alpha value is 0.0900. The second kappa shape index (κ2) is 5.38. The fourth-order valence-electron chi connectivity index (χ4n) is 3.06. The van der Waals surface area contributed by atoms with Gasteiger partial charge in [0.05, 0.1) is 4.90 Å². The maximum atomic E-state index is 12.7. The van der Waals surface area contributed by atoms with Gasteiger partial charge in [-0.05, 0) is 37.8 Å². The van der Waals surface area contributed by atoms with Gasteiger partial charge in [-0.25, -0.2) is 8.42 Å². The van der Waals surface area contributed by atoms with Crippen LogP contribution in [-0.4, -0.2) is 35.0 Å². The van der Waals surface area contributed by atoms with E-state index in [1.165, 1.54) is 0 Å². The summed E-state index contributed by atoms with van der Waals surface area (Å²) in [7, 11) is -3.33. The molecule has 0 bridgehead atoms. The number of fused-ring (bicyclic) bond motifs is 1. The first-order valence-corrected chi connectivity index (χ1v) is 10.0. The van der Waals surface area contributed by atoms with Gasteiger partial charge >= 0.3 is 0 Å². The summed E-state index contributed by atoms with van der Waals surface area (Å²) in [6.07, 6.45) is 1.92. The molecule has 6 heteroatoms. The van der Waals surface area contributed by atoms with E-state index in [0.29, 0.717) is 27.0 Å². The monoisotopic (exact) mass is 421 g/mol. The minimum Gasteiger partial charge on any atom is -0.207 e. The Morgan fingerprint density at radius 1 is 1.10 bits per heavy atom. The molecule has 1 aliphatic heterocycles. The molecule has 1 saturated heterocycles. The lowest BCUT2D eigenvalue weighted by Gasteiger charge is -2.52. The first-order valence-electron chi connectivity index (χ1n) is 6.76. The van der Waals surface area contributed by atoms with E-state index in [2.05, 4.69) is 31.9 Å². The predicted octanol–water partition coefficient (Wildman–Crippen LogP) is 3.30. The van der Waals surface area contributed by atoms with E-state index in [4.69, 9.17) is 0 Å². The molecule has 1 heterocycles. The quantitative estimate of drug-likeness (QED) is 0.685. The smallest absolute Gasteiger partial charge is 0.207 e. The largest absolute Gasteiger partial charge is 0.243 e. The van der Waals surface area contributed by atoms with Gasteiger partial charge in [-0.1, -0.05) is 49.6 Å². The number of hydrogen-bond donors (Lipinski definition) is 0. The van der Waals surface area contributed by atoms with Gasteiger partial charge in [0, 0.05) is 22.2 Å². The summed E-state index contributed by atoms with van der Waals surface area (Å²) in [4.78, 5) is 1.21. The molecular weight excluding hydrogens is 406 g/mol. The Labute approximate surface area is 137 Å². The number of alkyl halides is 2. The van der Waals surface area contributed by atoms with E-state index in [9.17, 15) is 8.42 Å². The van der Waals surface area contributed by atoms with Crippen LogP contribution in [0.2, 0.25) is 0 Å². The van der Waals surface area contributed by atoms with Gasteiger partial charge in [0.25, 0.3) is 0 Å². The molecule has 1 aromatic rings. The zero-order chi connectivity index (χ0) is 14.5. The molecule has 3 rings (SSSR count). The number of benzene rings is 1. The Balaban J connectivity index is 1.82. The van der Waals surface area contributed by atoms with Crippen molar-refractivity contribution in [3.05, 3.63) is 29.8 Å². The summed E-state index contributed by atoms with van der Waals surface area (Å²) in [5.41, 5.74) is 1.07. The number of aryl methyl sites for hydroxylation is 1. The average Bonchev–Trinajstić information content (AvgIpc) is 2.38. The first-order chi connectivity index (χ1) is 9.39. The minimum atomic E-state index is -3.33. The molecule has 1 saturated carbocycles. The van der Waals surface area contributed by atoms with Gasteiger partial charge in [0.2, 0.25) is 10.0 Å². The lowest BCUT2D eigenvalue weighted by Crippen LogP contribution is -2.62. The van der Waals surface area contributed by atoms with E-state index >= 15 is 0 Å². The maximum absolute atomic E-state index is 12.7. The molecule has 0 radical (unpaired) electrons. The van der Waals surface area contributed by atoms with Crippen molar-refractivity contribution < 1.29 is 8.42 Å². The highest BCUT2D eigenvalue weighted by atomic mass is 79.9. The molecule has 20 heavy (non-hydrogen) atoms. The van der Waals surface area contributed by atoms with Gasteiger partial charge in [-0.15, -0.1) is 0 Å². The second-order valence-electron chi connectivity index (χ2n) is 5.72. The van der Waals surface area contributed by atoms with E-state index < -0.39 is 10.0 Å². The zero-order valence-corrected chi connectivity index (χ0v) is 15.2. The van der Waals surface area contributed by atoms with Crippen molar-refractivity contribution in [3.63, 3.8) is 0 Å². The standard InChI is InChI=1S/C14H17Br2NO2S/c1-9-2-4-11(5-3-9)20(18,19)17-8-10-6-12(15)13(16)7-14(10)17/h2-5,10,12-14H,6-8H2,1H3/t10-,12-,13+,14+/m0/s1. The minimum absolute atomic E-state index is 0.152. The molecule has 0 spiro atoms. The van der Waals surface area contributed by atoms with E-state index in [0.717, 1.165) is 18.4 Å². The average molecular weight is 423 g/mol. The molecule has 0 aromatic heterocycles. The summed E-state index contributed by atoms with van der Waals surface area (Å²) in [6, 6.07) is 7.28. The fourth-order valence-corrected chi connectivity index (χ4v) is 6.11. The van der Waals surface area contributed by atoms with Crippen LogP contribution < -0.4 is 0 Å². The van der Waals surface area contributed by atoms with Gasteiger partial charge in [-0.3, -0.25) is 0 Å². The Morgan fingerprint density at radius 3 is 2.35 bits per heavy atom. The number of sulfonamides is 1. The Bertz CT molecular complexity index is 602.